The molecule has 2 aromatic rings. The Hall–Kier alpha value is -2.78. The Balaban J connectivity index is 2.05. The van der Waals surface area contributed by atoms with Gasteiger partial charge in [0.15, 0.2) is 0 Å². The average molecular weight is 285 g/mol. The van der Waals surface area contributed by atoms with E-state index >= 15 is 0 Å². The third kappa shape index (κ3) is 4.09. The molecule has 0 aliphatic carbocycles. The van der Waals surface area contributed by atoms with E-state index in [-0.39, 0.29) is 18.7 Å². The highest BCUT2D eigenvalue weighted by Gasteiger charge is 2.11. The molecule has 21 heavy (non-hydrogen) atoms. The lowest BCUT2D eigenvalue weighted by molar-refractivity contribution is 0.0946. The summed E-state index contributed by atoms with van der Waals surface area (Å²) in [5.41, 5.74) is 0.900. The Morgan fingerprint density at radius 3 is 2.90 bits per heavy atom. The fourth-order valence-electron chi connectivity index (χ4n) is 1.61. The first-order chi connectivity index (χ1) is 10.2. The van der Waals surface area contributed by atoms with Gasteiger partial charge in [0, 0.05) is 11.8 Å². The molecule has 1 heterocycles. The molecule has 1 amide bonds. The molecule has 0 aliphatic rings. The van der Waals surface area contributed by atoms with Gasteiger partial charge in [0.25, 0.3) is 5.91 Å². The van der Waals surface area contributed by atoms with Crippen LogP contribution in [0.4, 0.5) is 4.39 Å². The second kappa shape index (κ2) is 7.12. The van der Waals surface area contributed by atoms with E-state index in [4.69, 9.17) is 5.11 Å². The van der Waals surface area contributed by atoms with E-state index in [1.807, 2.05) is 0 Å². The quantitative estimate of drug-likeness (QED) is 0.821. The van der Waals surface area contributed by atoms with Crippen LogP contribution < -0.4 is 5.32 Å². The molecule has 2 N–H and O–H groups in total. The van der Waals surface area contributed by atoms with Gasteiger partial charge < -0.3 is 10.4 Å². The first-order valence-corrected chi connectivity index (χ1v) is 6.15. The van der Waals surface area contributed by atoms with Gasteiger partial charge in [0.1, 0.15) is 12.4 Å². The number of aliphatic hydroxyl groups excluding tert-OH is 1. The van der Waals surface area contributed by atoms with Crippen molar-refractivity contribution in [2.24, 2.45) is 0 Å². The molecule has 0 aliphatic heterocycles. The highest BCUT2D eigenvalue weighted by Crippen LogP contribution is 2.10. The van der Waals surface area contributed by atoms with Crippen molar-refractivity contribution >= 4 is 5.91 Å². The summed E-state index contributed by atoms with van der Waals surface area (Å²) in [5.74, 6) is 3.77. The fourth-order valence-corrected chi connectivity index (χ4v) is 1.61. The third-order valence-corrected chi connectivity index (χ3v) is 2.58. The molecule has 0 radical (unpaired) electrons. The van der Waals surface area contributed by atoms with Crippen LogP contribution in [0.25, 0.3) is 0 Å². The topological polar surface area (TPSA) is 75.1 Å². The molecular formula is C15H12FN3O2. The van der Waals surface area contributed by atoms with Crippen LogP contribution in [0.2, 0.25) is 0 Å². The Bertz CT molecular complexity index is 693. The summed E-state index contributed by atoms with van der Waals surface area (Å²) >= 11 is 0. The zero-order chi connectivity index (χ0) is 15.1. The summed E-state index contributed by atoms with van der Waals surface area (Å²) in [6, 6.07) is 7.42. The molecule has 0 fully saturated rings. The van der Waals surface area contributed by atoms with E-state index < -0.39 is 11.7 Å². The van der Waals surface area contributed by atoms with Crippen LogP contribution in [0.3, 0.4) is 0 Å². The summed E-state index contributed by atoms with van der Waals surface area (Å²) in [6.07, 6.45) is 1.52. The molecule has 0 bridgehead atoms. The van der Waals surface area contributed by atoms with Gasteiger partial charge in [-0.25, -0.2) is 4.39 Å². The van der Waals surface area contributed by atoms with Gasteiger partial charge in [0.05, 0.1) is 17.8 Å². The molecule has 6 heteroatoms. The van der Waals surface area contributed by atoms with E-state index in [1.54, 1.807) is 12.1 Å². The van der Waals surface area contributed by atoms with Crippen molar-refractivity contribution in [2.45, 2.75) is 6.54 Å². The number of hydrogen-bond donors (Lipinski definition) is 2. The highest BCUT2D eigenvalue weighted by atomic mass is 19.1. The van der Waals surface area contributed by atoms with Crippen molar-refractivity contribution in [1.82, 2.24) is 15.5 Å². The SMILES string of the molecule is O=C(NCc1cccnn1)c1ccc(C#CCO)cc1F. The number of amides is 1. The second-order valence-electron chi connectivity index (χ2n) is 4.05. The van der Waals surface area contributed by atoms with Crippen LogP contribution in [0.5, 0.6) is 0 Å². The van der Waals surface area contributed by atoms with Gasteiger partial charge in [-0.05, 0) is 30.3 Å². The van der Waals surface area contributed by atoms with Crippen LogP contribution in [0, 0.1) is 17.7 Å². The van der Waals surface area contributed by atoms with Crippen molar-refractivity contribution in [1.29, 1.82) is 0 Å². The van der Waals surface area contributed by atoms with Gasteiger partial charge in [-0.15, -0.1) is 0 Å². The van der Waals surface area contributed by atoms with Gasteiger partial charge in [-0.2, -0.15) is 10.2 Å². The number of rotatable bonds is 3. The minimum atomic E-state index is -0.670. The lowest BCUT2D eigenvalue weighted by atomic mass is 10.1. The van der Waals surface area contributed by atoms with Crippen LogP contribution in [0.15, 0.2) is 36.5 Å². The number of carbonyl (C=O) groups is 1. The normalized spacial score (nSPS) is 9.62. The van der Waals surface area contributed by atoms with E-state index in [1.165, 1.54) is 18.3 Å². The minimum absolute atomic E-state index is 0.0755. The molecule has 0 saturated carbocycles. The largest absolute Gasteiger partial charge is 0.384 e. The number of nitrogens with one attached hydrogen (secondary N) is 1. The standard InChI is InChI=1S/C15H12FN3O2/c16-14-9-11(3-2-8-20)5-6-13(14)15(21)17-10-12-4-1-7-18-19-12/h1,4-7,9,20H,8,10H2,(H,17,21). The third-order valence-electron chi connectivity index (χ3n) is 2.58. The molecule has 5 nitrogen and oxygen atoms in total. The fraction of sp³-hybridized carbons (Fsp3) is 0.133. The Labute approximate surface area is 120 Å². The predicted octanol–water partition coefficient (Wildman–Crippen LogP) is 0.889. The highest BCUT2D eigenvalue weighted by molar-refractivity contribution is 5.94. The molecule has 2 rings (SSSR count). The number of nitrogens with zero attached hydrogens (tertiary/aromatic N) is 2. The average Bonchev–Trinajstić information content (AvgIpc) is 2.51. The van der Waals surface area contributed by atoms with E-state index in [0.717, 1.165) is 6.07 Å². The zero-order valence-electron chi connectivity index (χ0n) is 11.0. The molecule has 0 unspecified atom stereocenters. The number of aliphatic hydroxyl groups is 1. The van der Waals surface area contributed by atoms with Gasteiger partial charge in [-0.3, -0.25) is 4.79 Å². The van der Waals surface area contributed by atoms with E-state index in [0.29, 0.717) is 11.3 Å². The number of aromatic nitrogens is 2. The van der Waals surface area contributed by atoms with Crippen molar-refractivity contribution in [3.05, 3.63) is 59.2 Å². The van der Waals surface area contributed by atoms with Gasteiger partial charge >= 0.3 is 0 Å². The first-order valence-electron chi connectivity index (χ1n) is 6.15. The summed E-state index contributed by atoms with van der Waals surface area (Å²) in [5, 5.41) is 18.6. The minimum Gasteiger partial charge on any atom is -0.384 e. The van der Waals surface area contributed by atoms with Gasteiger partial charge in [0.2, 0.25) is 0 Å². The molecule has 0 saturated heterocycles. The van der Waals surface area contributed by atoms with E-state index in [2.05, 4.69) is 27.4 Å². The maximum atomic E-state index is 13.8. The van der Waals surface area contributed by atoms with Crippen molar-refractivity contribution in [2.75, 3.05) is 6.61 Å². The van der Waals surface area contributed by atoms with Crippen molar-refractivity contribution < 1.29 is 14.3 Å². The van der Waals surface area contributed by atoms with Crippen LogP contribution in [0.1, 0.15) is 21.6 Å². The summed E-state index contributed by atoms with van der Waals surface area (Å²) in [6.45, 7) is -0.139. The Morgan fingerprint density at radius 1 is 1.38 bits per heavy atom. The lowest BCUT2D eigenvalue weighted by Crippen LogP contribution is -2.24. The zero-order valence-corrected chi connectivity index (χ0v) is 11.0. The van der Waals surface area contributed by atoms with Crippen molar-refractivity contribution in [3.8, 4) is 11.8 Å². The van der Waals surface area contributed by atoms with Gasteiger partial charge in [-0.1, -0.05) is 11.8 Å². The smallest absolute Gasteiger partial charge is 0.254 e. The molecule has 0 spiro atoms. The molecule has 1 aromatic heterocycles. The summed E-state index contributed by atoms with van der Waals surface area (Å²) < 4.78 is 13.8. The molecule has 106 valence electrons. The number of benzene rings is 1. The Morgan fingerprint density at radius 2 is 2.24 bits per heavy atom. The van der Waals surface area contributed by atoms with Crippen molar-refractivity contribution in [3.63, 3.8) is 0 Å². The number of hydrogen-bond acceptors (Lipinski definition) is 4. The first kappa shape index (κ1) is 14.6. The van der Waals surface area contributed by atoms with Crippen LogP contribution in [-0.4, -0.2) is 27.8 Å². The second-order valence-corrected chi connectivity index (χ2v) is 4.05. The monoisotopic (exact) mass is 285 g/mol. The maximum absolute atomic E-state index is 13.8. The number of carbonyl (C=O) groups excluding carboxylic acids is 1. The molecule has 1 aromatic carbocycles. The van der Waals surface area contributed by atoms with Crippen LogP contribution in [-0.2, 0) is 6.54 Å². The molecular weight excluding hydrogens is 273 g/mol. The van der Waals surface area contributed by atoms with E-state index in [9.17, 15) is 9.18 Å². The predicted molar refractivity (Wildman–Crippen MR) is 73.6 cm³/mol. The molecule has 0 atom stereocenters. The summed E-state index contributed by atoms with van der Waals surface area (Å²) in [4.78, 5) is 11.9. The summed E-state index contributed by atoms with van der Waals surface area (Å²) in [7, 11) is 0. The Kier molecular flexibility index (Phi) is 4.96. The lowest BCUT2D eigenvalue weighted by Gasteiger charge is -2.05. The maximum Gasteiger partial charge on any atom is 0.254 e. The number of halogens is 1. The van der Waals surface area contributed by atoms with Crippen LogP contribution >= 0.6 is 0 Å².